The van der Waals surface area contributed by atoms with Crippen LogP contribution in [0.2, 0.25) is 0 Å². The lowest BCUT2D eigenvalue weighted by Crippen LogP contribution is -2.08. The molecule has 3 rings (SSSR count). The molecule has 0 fully saturated rings. The highest BCUT2D eigenvalue weighted by Gasteiger charge is 2.32. The first-order chi connectivity index (χ1) is 11.2. The van der Waals surface area contributed by atoms with Crippen LogP contribution in [-0.2, 0) is 6.42 Å². The van der Waals surface area contributed by atoms with E-state index in [2.05, 4.69) is 11.9 Å². The molecule has 0 aliphatic heterocycles. The number of nitrogens with zero attached hydrogens (tertiary/aromatic N) is 2. The molecular formula is C19H14N2O2. The van der Waals surface area contributed by atoms with E-state index in [9.17, 15) is 15.2 Å². The van der Waals surface area contributed by atoms with Crippen molar-refractivity contribution in [2.24, 2.45) is 4.99 Å². The van der Waals surface area contributed by atoms with Gasteiger partial charge in [0.05, 0.1) is 5.69 Å². The minimum atomic E-state index is -0.372. The molecule has 0 radical (unpaired) electrons. The van der Waals surface area contributed by atoms with E-state index in [1.54, 1.807) is 36.4 Å². The van der Waals surface area contributed by atoms with Crippen LogP contribution in [-0.4, -0.2) is 16.6 Å². The van der Waals surface area contributed by atoms with Crippen molar-refractivity contribution >= 4 is 22.9 Å². The van der Waals surface area contributed by atoms with E-state index in [0.717, 1.165) is 12.0 Å². The van der Waals surface area contributed by atoms with Crippen molar-refractivity contribution in [3.63, 3.8) is 0 Å². The van der Waals surface area contributed by atoms with Gasteiger partial charge in [-0.1, -0.05) is 43.3 Å². The van der Waals surface area contributed by atoms with Gasteiger partial charge in [-0.05, 0) is 24.1 Å². The number of hydrogen-bond acceptors (Lipinski definition) is 4. The van der Waals surface area contributed by atoms with Crippen molar-refractivity contribution in [2.75, 3.05) is 0 Å². The highest BCUT2D eigenvalue weighted by atomic mass is 16.3. The molecule has 1 aliphatic rings. The lowest BCUT2D eigenvalue weighted by Gasteiger charge is -2.01. The van der Waals surface area contributed by atoms with Crippen molar-refractivity contribution < 1.29 is 9.90 Å². The fraction of sp³-hybridized carbons (Fsp3) is 0.105. The summed E-state index contributed by atoms with van der Waals surface area (Å²) in [5.74, 6) is -0.556. The summed E-state index contributed by atoms with van der Waals surface area (Å²) in [6.07, 6.45) is 0.912. The Hall–Kier alpha value is -3.19. The summed E-state index contributed by atoms with van der Waals surface area (Å²) in [6, 6.07) is 16.1. The maximum absolute atomic E-state index is 12.4. The molecule has 0 spiro atoms. The lowest BCUT2D eigenvalue weighted by molar-refractivity contribution is 0.104. The van der Waals surface area contributed by atoms with Gasteiger partial charge in [-0.25, -0.2) is 4.99 Å². The molecule has 2 aromatic carbocycles. The van der Waals surface area contributed by atoms with Crippen LogP contribution in [0.5, 0.6) is 0 Å². The summed E-state index contributed by atoms with van der Waals surface area (Å²) in [5, 5.41) is 19.7. The summed E-state index contributed by atoms with van der Waals surface area (Å²) in [7, 11) is 0. The van der Waals surface area contributed by atoms with Gasteiger partial charge >= 0.3 is 0 Å². The monoisotopic (exact) mass is 302 g/mol. The minimum Gasteiger partial charge on any atom is -0.506 e. The van der Waals surface area contributed by atoms with E-state index in [4.69, 9.17) is 0 Å². The predicted molar refractivity (Wildman–Crippen MR) is 88.8 cm³/mol. The SMILES string of the molecule is CCc1ccc(N=C(C#N)C2=C(O)c3ccccc3C2=O)cc1. The zero-order chi connectivity index (χ0) is 16.4. The number of benzene rings is 2. The first kappa shape index (κ1) is 14.7. The van der Waals surface area contributed by atoms with E-state index in [1.807, 2.05) is 18.2 Å². The first-order valence-electron chi connectivity index (χ1n) is 7.31. The van der Waals surface area contributed by atoms with Crippen molar-refractivity contribution in [1.82, 2.24) is 0 Å². The second-order valence-corrected chi connectivity index (χ2v) is 5.19. The molecule has 0 unspecified atom stereocenters. The van der Waals surface area contributed by atoms with Gasteiger partial charge in [0.2, 0.25) is 0 Å². The molecule has 0 atom stereocenters. The third kappa shape index (κ3) is 2.53. The summed E-state index contributed by atoms with van der Waals surface area (Å²) in [4.78, 5) is 16.7. The van der Waals surface area contributed by atoms with Crippen LogP contribution in [0, 0.1) is 11.3 Å². The molecule has 4 heteroatoms. The average Bonchev–Trinajstić information content (AvgIpc) is 2.85. The molecule has 0 bridgehead atoms. The Labute approximate surface area is 134 Å². The van der Waals surface area contributed by atoms with Gasteiger partial charge in [0.15, 0.2) is 11.5 Å². The minimum absolute atomic E-state index is 0.0340. The number of carbonyl (C=O) groups is 1. The molecular weight excluding hydrogens is 288 g/mol. The van der Waals surface area contributed by atoms with Gasteiger partial charge in [-0.2, -0.15) is 5.26 Å². The second-order valence-electron chi connectivity index (χ2n) is 5.19. The maximum atomic E-state index is 12.4. The topological polar surface area (TPSA) is 73.4 Å². The van der Waals surface area contributed by atoms with E-state index >= 15 is 0 Å². The Kier molecular flexibility index (Phi) is 3.78. The third-order valence-corrected chi connectivity index (χ3v) is 3.82. The van der Waals surface area contributed by atoms with E-state index in [0.29, 0.717) is 16.8 Å². The van der Waals surface area contributed by atoms with Crippen LogP contribution >= 0.6 is 0 Å². The predicted octanol–water partition coefficient (Wildman–Crippen LogP) is 4.01. The molecule has 4 nitrogen and oxygen atoms in total. The molecule has 23 heavy (non-hydrogen) atoms. The molecule has 2 aromatic rings. The van der Waals surface area contributed by atoms with Crippen LogP contribution in [0.4, 0.5) is 5.69 Å². The standard InChI is InChI=1S/C19H14N2O2/c1-2-12-7-9-13(10-8-12)21-16(11-20)17-18(22)14-5-3-4-6-15(14)19(17)23/h3-10,22H,2H2,1H3. The largest absolute Gasteiger partial charge is 0.506 e. The number of aryl methyl sites for hydroxylation is 1. The zero-order valence-corrected chi connectivity index (χ0v) is 12.6. The quantitative estimate of drug-likeness (QED) is 0.870. The molecule has 0 aromatic heterocycles. The number of aliphatic hydroxyl groups excluding tert-OH is 1. The molecule has 1 aliphatic carbocycles. The fourth-order valence-electron chi connectivity index (χ4n) is 2.56. The molecule has 0 heterocycles. The van der Waals surface area contributed by atoms with Gasteiger partial charge in [-0.3, -0.25) is 4.79 Å². The Morgan fingerprint density at radius 1 is 1.13 bits per heavy atom. The highest BCUT2D eigenvalue weighted by molar-refractivity contribution is 6.39. The number of allylic oxidation sites excluding steroid dienone is 1. The van der Waals surface area contributed by atoms with Crippen molar-refractivity contribution in [1.29, 1.82) is 5.26 Å². The molecule has 1 N–H and O–H groups in total. The second kappa shape index (κ2) is 5.90. The van der Waals surface area contributed by atoms with Gasteiger partial charge in [0.1, 0.15) is 17.4 Å². The van der Waals surface area contributed by atoms with Crippen LogP contribution in [0.15, 0.2) is 59.1 Å². The van der Waals surface area contributed by atoms with E-state index < -0.39 is 0 Å². The number of aliphatic hydroxyl groups is 1. The van der Waals surface area contributed by atoms with Gasteiger partial charge in [0.25, 0.3) is 0 Å². The number of ketones is 1. The summed E-state index contributed by atoms with van der Waals surface area (Å²) < 4.78 is 0. The van der Waals surface area contributed by atoms with Gasteiger partial charge in [-0.15, -0.1) is 0 Å². The van der Waals surface area contributed by atoms with Crippen molar-refractivity contribution in [2.45, 2.75) is 13.3 Å². The summed E-state index contributed by atoms with van der Waals surface area (Å²) >= 11 is 0. The first-order valence-corrected chi connectivity index (χ1v) is 7.31. The van der Waals surface area contributed by atoms with Crippen LogP contribution in [0.1, 0.15) is 28.4 Å². The normalized spacial score (nSPS) is 13.9. The van der Waals surface area contributed by atoms with Gasteiger partial charge < -0.3 is 5.11 Å². The van der Waals surface area contributed by atoms with Crippen LogP contribution in [0.25, 0.3) is 5.76 Å². The maximum Gasteiger partial charge on any atom is 0.200 e. The Balaban J connectivity index is 2.05. The van der Waals surface area contributed by atoms with Gasteiger partial charge in [0, 0.05) is 11.1 Å². The number of aliphatic imine (C=N–C) groups is 1. The third-order valence-electron chi connectivity index (χ3n) is 3.82. The summed E-state index contributed by atoms with van der Waals surface area (Å²) in [5.41, 5.74) is 2.46. The van der Waals surface area contributed by atoms with Crippen molar-refractivity contribution in [3.05, 3.63) is 70.8 Å². The number of carbonyl (C=O) groups excluding carboxylic acids is 1. The molecule has 112 valence electrons. The van der Waals surface area contributed by atoms with Crippen molar-refractivity contribution in [3.8, 4) is 6.07 Å². The van der Waals surface area contributed by atoms with E-state index in [-0.39, 0.29) is 22.8 Å². The van der Waals surface area contributed by atoms with Crippen LogP contribution in [0.3, 0.4) is 0 Å². The molecule has 0 saturated carbocycles. The number of fused-ring (bicyclic) bond motifs is 1. The summed E-state index contributed by atoms with van der Waals surface area (Å²) in [6.45, 7) is 2.05. The number of nitriles is 1. The van der Waals surface area contributed by atoms with E-state index in [1.165, 1.54) is 0 Å². The Bertz CT molecular complexity index is 884. The lowest BCUT2D eigenvalue weighted by atomic mass is 10.1. The molecule has 0 amide bonds. The highest BCUT2D eigenvalue weighted by Crippen LogP contribution is 2.32. The number of rotatable bonds is 3. The number of Topliss-reactive ketones (excluding diaryl/α,β-unsaturated/α-hetero) is 1. The Morgan fingerprint density at radius 3 is 2.35 bits per heavy atom. The zero-order valence-electron chi connectivity index (χ0n) is 12.6. The number of hydrogen-bond donors (Lipinski definition) is 1. The molecule has 0 saturated heterocycles. The Morgan fingerprint density at radius 2 is 1.78 bits per heavy atom. The average molecular weight is 302 g/mol. The smallest absolute Gasteiger partial charge is 0.200 e. The van der Waals surface area contributed by atoms with Crippen LogP contribution < -0.4 is 0 Å². The fourth-order valence-corrected chi connectivity index (χ4v) is 2.56.